The van der Waals surface area contributed by atoms with Crippen molar-refractivity contribution in [2.45, 2.75) is 6.54 Å². The second-order valence-electron chi connectivity index (χ2n) is 5.88. The Kier molecular flexibility index (Phi) is 5.74. The summed E-state index contributed by atoms with van der Waals surface area (Å²) in [6, 6.07) is 8.33. The fraction of sp³-hybridized carbons (Fsp3) is 0.125. The lowest BCUT2D eigenvalue weighted by molar-refractivity contribution is 0.416. The minimum absolute atomic E-state index is 0.0262. The van der Waals surface area contributed by atoms with Crippen LogP contribution in [-0.2, 0) is 16.8 Å². The van der Waals surface area contributed by atoms with Crippen molar-refractivity contribution in [3.05, 3.63) is 41.3 Å². The van der Waals surface area contributed by atoms with Crippen LogP contribution in [0.4, 0.5) is 23.1 Å². The molecule has 0 aliphatic heterocycles. The van der Waals surface area contributed by atoms with E-state index < -0.39 is 10.3 Å². The molecule has 0 atom stereocenters. The largest absolute Gasteiger partial charge is 0.495 e. The lowest BCUT2D eigenvalue weighted by Gasteiger charge is -2.21. The maximum Gasteiger partial charge on any atom is 0.357 e. The highest BCUT2D eigenvalue weighted by atomic mass is 32.2. The van der Waals surface area contributed by atoms with Crippen molar-refractivity contribution in [3.63, 3.8) is 0 Å². The maximum absolute atomic E-state index is 11.0. The van der Waals surface area contributed by atoms with E-state index in [2.05, 4.69) is 9.97 Å². The molecule has 0 aliphatic carbocycles. The van der Waals surface area contributed by atoms with Gasteiger partial charge in [-0.25, -0.2) is 10.8 Å². The van der Waals surface area contributed by atoms with Gasteiger partial charge in [-0.2, -0.15) is 13.4 Å². The highest BCUT2D eigenvalue weighted by Crippen LogP contribution is 2.34. The Labute approximate surface area is 171 Å². The van der Waals surface area contributed by atoms with Gasteiger partial charge in [0.15, 0.2) is 5.82 Å². The summed E-state index contributed by atoms with van der Waals surface area (Å²) < 4.78 is 38.1. The smallest absolute Gasteiger partial charge is 0.357 e. The number of rotatable bonds is 7. The zero-order valence-electron chi connectivity index (χ0n) is 15.2. The van der Waals surface area contributed by atoms with Gasteiger partial charge in [-0.1, -0.05) is 12.1 Å². The van der Waals surface area contributed by atoms with E-state index in [1.807, 2.05) is 22.2 Å². The van der Waals surface area contributed by atoms with Crippen LogP contribution in [0.25, 0.3) is 10.6 Å². The van der Waals surface area contributed by atoms with Crippen molar-refractivity contribution in [1.29, 1.82) is 0 Å². The van der Waals surface area contributed by atoms with E-state index in [-0.39, 0.29) is 35.4 Å². The molecule has 0 bridgehead atoms. The summed E-state index contributed by atoms with van der Waals surface area (Å²) >= 11 is 1.46. The van der Waals surface area contributed by atoms with Crippen LogP contribution in [0.1, 0.15) is 5.56 Å². The van der Waals surface area contributed by atoms with Gasteiger partial charge < -0.3 is 16.2 Å². The molecule has 0 amide bonds. The molecule has 8 N–H and O–H groups in total. The number of benzene rings is 1. The van der Waals surface area contributed by atoms with Gasteiger partial charge in [0.25, 0.3) is 0 Å². The van der Waals surface area contributed by atoms with Gasteiger partial charge >= 0.3 is 10.3 Å². The van der Waals surface area contributed by atoms with Gasteiger partial charge in [0, 0.05) is 0 Å². The molecule has 0 radical (unpaired) electrons. The van der Waals surface area contributed by atoms with Crippen LogP contribution in [0.3, 0.4) is 0 Å². The van der Waals surface area contributed by atoms with Crippen molar-refractivity contribution >= 4 is 44.8 Å². The number of methoxy groups -OCH3 is 1. The second-order valence-corrected chi connectivity index (χ2v) is 7.99. The fourth-order valence-corrected chi connectivity index (χ4v) is 3.80. The Hall–Kier alpha value is -3.13. The van der Waals surface area contributed by atoms with Crippen molar-refractivity contribution in [3.8, 4) is 16.3 Å². The van der Waals surface area contributed by atoms with E-state index in [4.69, 9.17) is 26.6 Å². The number of thiophene rings is 1. The molecule has 0 fully saturated rings. The van der Waals surface area contributed by atoms with Crippen LogP contribution in [0.15, 0.2) is 35.7 Å². The zero-order chi connectivity index (χ0) is 21.2. The predicted octanol–water partition coefficient (Wildman–Crippen LogP) is 1.47. The third-order valence-electron chi connectivity index (χ3n) is 3.83. The Morgan fingerprint density at radius 2 is 2.03 bits per heavy atom. The van der Waals surface area contributed by atoms with Gasteiger partial charge in [0.05, 0.1) is 24.2 Å². The lowest BCUT2D eigenvalue weighted by Crippen LogP contribution is -2.32. The Balaban J connectivity index is 1.90. The summed E-state index contributed by atoms with van der Waals surface area (Å²) in [5.74, 6) is 6.64. The molecule has 11 nitrogen and oxygen atoms in total. The number of nitrogens with two attached hydrogens (primary N) is 3. The number of nitrogen functional groups attached to an aromatic ring is 2. The topological polar surface area (TPSA) is 183 Å². The molecule has 0 spiro atoms. The van der Waals surface area contributed by atoms with Crippen LogP contribution < -0.4 is 31.8 Å². The van der Waals surface area contributed by atoms with E-state index in [0.717, 1.165) is 4.88 Å². The first-order valence-corrected chi connectivity index (χ1v) is 10.4. The Morgan fingerprint density at radius 1 is 1.28 bits per heavy atom. The summed E-state index contributed by atoms with van der Waals surface area (Å²) in [6.07, 6.45) is 0. The number of nitrogens with one attached hydrogen (secondary N) is 1. The number of hydrazine groups is 1. The molecule has 0 saturated carbocycles. The summed E-state index contributed by atoms with van der Waals surface area (Å²) in [7, 11) is -3.07. The maximum atomic E-state index is 11.0. The van der Waals surface area contributed by atoms with E-state index in [1.54, 1.807) is 12.1 Å². The van der Waals surface area contributed by atoms with Crippen LogP contribution in [0.2, 0.25) is 0 Å². The van der Waals surface area contributed by atoms with E-state index in [9.17, 15) is 8.42 Å². The molecular weight excluding hydrogens is 418 g/mol. The third-order valence-corrected chi connectivity index (χ3v) is 5.18. The normalized spacial score (nSPS) is 11.3. The van der Waals surface area contributed by atoms with Crippen LogP contribution in [-0.4, -0.2) is 30.0 Å². The van der Waals surface area contributed by atoms with Gasteiger partial charge in [-0.05, 0) is 29.1 Å². The number of hydrogen-bond acceptors (Lipinski definition) is 10. The van der Waals surface area contributed by atoms with Crippen LogP contribution in [0, 0.1) is 0 Å². The predicted molar refractivity (Wildman–Crippen MR) is 113 cm³/mol. The highest BCUT2D eigenvalue weighted by Gasteiger charge is 2.18. The molecule has 154 valence electrons. The molecule has 13 heteroatoms. The molecule has 2 heterocycles. The van der Waals surface area contributed by atoms with E-state index in [0.29, 0.717) is 11.3 Å². The van der Waals surface area contributed by atoms with Crippen molar-refractivity contribution in [2.75, 3.05) is 28.3 Å². The zero-order valence-corrected chi connectivity index (χ0v) is 16.9. The number of nitrogens with zero attached hydrogens (tertiary/aromatic N) is 3. The number of hydrogen-bond donors (Lipinski definition) is 5. The first kappa shape index (κ1) is 20.6. The number of ether oxygens (including phenoxy) is 1. The average molecular weight is 438 g/mol. The number of aromatic nitrogens is 2. The number of anilines is 4. The minimum atomic E-state index is -4.44. The Morgan fingerprint density at radius 3 is 2.66 bits per heavy atom. The first-order chi connectivity index (χ1) is 13.7. The van der Waals surface area contributed by atoms with Gasteiger partial charge in [-0.15, -0.1) is 11.3 Å². The standard InChI is InChI=1S/C16H19N7O4S2/c1-27-11-7-9(4-5-10(11)22-29(24,25)26)8-23(19)15-13(17)14(20-16(18)21-15)12-3-2-6-28-12/h2-7,22H,8,17,19H2,1H3,(H2,18,20,21)(H,24,25,26). The fourth-order valence-electron chi connectivity index (χ4n) is 2.62. The van der Waals surface area contributed by atoms with E-state index in [1.165, 1.54) is 29.5 Å². The van der Waals surface area contributed by atoms with Gasteiger partial charge in [-0.3, -0.25) is 14.3 Å². The third kappa shape index (κ3) is 4.83. The molecule has 0 aliphatic rings. The molecule has 3 aromatic rings. The SMILES string of the molecule is COc1cc(CN(N)c2nc(N)nc(-c3cccs3)c2N)ccc1NS(=O)(=O)O. The van der Waals surface area contributed by atoms with Gasteiger partial charge in [0.1, 0.15) is 17.1 Å². The minimum Gasteiger partial charge on any atom is -0.495 e. The van der Waals surface area contributed by atoms with Crippen molar-refractivity contribution in [2.24, 2.45) is 5.84 Å². The highest BCUT2D eigenvalue weighted by molar-refractivity contribution is 7.87. The summed E-state index contributed by atoms with van der Waals surface area (Å²) in [5, 5.41) is 3.19. The monoisotopic (exact) mass is 437 g/mol. The van der Waals surface area contributed by atoms with E-state index >= 15 is 0 Å². The molecule has 3 rings (SSSR count). The quantitative estimate of drug-likeness (QED) is 0.206. The average Bonchev–Trinajstić information content (AvgIpc) is 3.17. The molecule has 0 saturated heterocycles. The molecule has 0 unspecified atom stereocenters. The van der Waals surface area contributed by atoms with Crippen LogP contribution in [0.5, 0.6) is 5.75 Å². The Bertz CT molecular complexity index is 1120. The molecule has 29 heavy (non-hydrogen) atoms. The lowest BCUT2D eigenvalue weighted by atomic mass is 10.2. The van der Waals surface area contributed by atoms with Crippen LogP contribution >= 0.6 is 11.3 Å². The first-order valence-electron chi connectivity index (χ1n) is 8.09. The molecule has 1 aromatic carbocycles. The summed E-state index contributed by atoms with van der Waals surface area (Å²) in [5.41, 5.74) is 13.6. The molecular formula is C16H19N7O4S2. The molecule has 2 aromatic heterocycles. The van der Waals surface area contributed by atoms with Crippen molar-refractivity contribution in [1.82, 2.24) is 9.97 Å². The summed E-state index contributed by atoms with van der Waals surface area (Å²) in [6.45, 7) is 0.160. The second kappa shape index (κ2) is 8.08. The van der Waals surface area contributed by atoms with Gasteiger partial charge in [0.2, 0.25) is 5.95 Å². The summed E-state index contributed by atoms with van der Waals surface area (Å²) in [4.78, 5) is 9.17. The van der Waals surface area contributed by atoms with Crippen molar-refractivity contribution < 1.29 is 17.7 Å².